The Hall–Kier alpha value is -3.74. The maximum absolute atomic E-state index is 13.6. The van der Waals surface area contributed by atoms with E-state index >= 15 is 0 Å². The summed E-state index contributed by atoms with van der Waals surface area (Å²) < 4.78 is 15.4. The van der Waals surface area contributed by atoms with Crippen LogP contribution in [0.3, 0.4) is 0 Å². The molecule has 4 aromatic heterocycles. The van der Waals surface area contributed by atoms with Crippen molar-refractivity contribution in [3.8, 4) is 11.3 Å². The molecule has 6 nitrogen and oxygen atoms in total. The molecule has 1 aromatic carbocycles. The smallest absolute Gasteiger partial charge is 0.160 e. The fourth-order valence-electron chi connectivity index (χ4n) is 3.56. The van der Waals surface area contributed by atoms with E-state index in [1.165, 1.54) is 23.2 Å². The first-order valence-corrected chi connectivity index (χ1v) is 9.44. The van der Waals surface area contributed by atoms with Crippen LogP contribution >= 0.6 is 0 Å². The van der Waals surface area contributed by atoms with Gasteiger partial charge in [-0.3, -0.25) is 4.98 Å². The van der Waals surface area contributed by atoms with Crippen LogP contribution in [0.4, 0.5) is 10.2 Å². The standard InChI is InChI=1S/C22H19FN6/c1-14-10-27-29-21(9-20(28-22(14)29)16-8-17(23)13-24-11-16)25-7-6-15-12-26-19-5-3-2-4-18(15)19/h2-5,8-13,25-26H,6-7H2,1H3. The number of halogens is 1. The first kappa shape index (κ1) is 17.4. The zero-order chi connectivity index (χ0) is 19.8. The molecule has 0 amide bonds. The Labute approximate surface area is 166 Å². The average Bonchev–Trinajstić information content (AvgIpc) is 3.32. The molecule has 5 aromatic rings. The summed E-state index contributed by atoms with van der Waals surface area (Å²) in [6.45, 7) is 2.68. The van der Waals surface area contributed by atoms with Crippen molar-refractivity contribution >= 4 is 22.4 Å². The molecule has 0 atom stereocenters. The first-order chi connectivity index (χ1) is 14.2. The van der Waals surface area contributed by atoms with Gasteiger partial charge >= 0.3 is 0 Å². The Morgan fingerprint density at radius 3 is 2.93 bits per heavy atom. The second kappa shape index (κ2) is 7.01. The minimum atomic E-state index is -0.386. The number of aromatic amines is 1. The third kappa shape index (κ3) is 3.20. The van der Waals surface area contributed by atoms with Crippen molar-refractivity contribution in [2.75, 3.05) is 11.9 Å². The van der Waals surface area contributed by atoms with Gasteiger partial charge in [0.25, 0.3) is 0 Å². The topological polar surface area (TPSA) is 70.9 Å². The Bertz CT molecular complexity index is 1320. The fraction of sp³-hybridized carbons (Fsp3) is 0.136. The van der Waals surface area contributed by atoms with E-state index in [9.17, 15) is 4.39 Å². The van der Waals surface area contributed by atoms with Crippen LogP contribution in [0.15, 0.2) is 61.2 Å². The van der Waals surface area contributed by atoms with Crippen molar-refractivity contribution in [1.82, 2.24) is 24.6 Å². The van der Waals surface area contributed by atoms with Crippen LogP contribution in [0.2, 0.25) is 0 Å². The van der Waals surface area contributed by atoms with E-state index < -0.39 is 0 Å². The average molecular weight is 386 g/mol. The highest BCUT2D eigenvalue weighted by molar-refractivity contribution is 5.83. The van der Waals surface area contributed by atoms with E-state index in [0.717, 1.165) is 35.5 Å². The molecule has 2 N–H and O–H groups in total. The molecule has 0 radical (unpaired) electrons. The second-order valence-corrected chi connectivity index (χ2v) is 7.02. The molecule has 0 spiro atoms. The van der Waals surface area contributed by atoms with Gasteiger partial charge in [0, 0.05) is 47.0 Å². The van der Waals surface area contributed by atoms with Gasteiger partial charge in [0.05, 0.1) is 18.1 Å². The molecule has 0 saturated carbocycles. The van der Waals surface area contributed by atoms with Gasteiger partial charge < -0.3 is 10.3 Å². The number of aryl methyl sites for hydroxylation is 1. The number of rotatable bonds is 5. The summed E-state index contributed by atoms with van der Waals surface area (Å²) in [5.74, 6) is 0.422. The molecule has 0 aliphatic heterocycles. The van der Waals surface area contributed by atoms with Gasteiger partial charge in [0.15, 0.2) is 5.65 Å². The van der Waals surface area contributed by atoms with Gasteiger partial charge in [-0.25, -0.2) is 9.37 Å². The lowest BCUT2D eigenvalue weighted by atomic mass is 10.1. The highest BCUT2D eigenvalue weighted by Crippen LogP contribution is 2.24. The summed E-state index contributed by atoms with van der Waals surface area (Å²) in [6.07, 6.45) is 7.48. The summed E-state index contributed by atoms with van der Waals surface area (Å²) in [5.41, 5.74) is 5.37. The molecule has 0 saturated heterocycles. The number of anilines is 1. The molecule has 7 heteroatoms. The Morgan fingerprint density at radius 2 is 2.03 bits per heavy atom. The highest BCUT2D eigenvalue weighted by Gasteiger charge is 2.12. The Kier molecular flexibility index (Phi) is 4.20. The van der Waals surface area contributed by atoms with Crippen molar-refractivity contribution in [2.45, 2.75) is 13.3 Å². The van der Waals surface area contributed by atoms with Crippen LogP contribution in [0.25, 0.3) is 27.8 Å². The van der Waals surface area contributed by atoms with E-state index in [2.05, 4.69) is 43.7 Å². The molecule has 0 bridgehead atoms. The molecule has 0 aliphatic rings. The van der Waals surface area contributed by atoms with Crippen molar-refractivity contribution in [1.29, 1.82) is 0 Å². The van der Waals surface area contributed by atoms with E-state index in [1.807, 2.05) is 25.1 Å². The van der Waals surface area contributed by atoms with Gasteiger partial charge in [0.1, 0.15) is 11.6 Å². The zero-order valence-electron chi connectivity index (χ0n) is 15.9. The van der Waals surface area contributed by atoms with Gasteiger partial charge in [-0.1, -0.05) is 18.2 Å². The summed E-state index contributed by atoms with van der Waals surface area (Å²) in [4.78, 5) is 11.9. The molecule has 0 unspecified atom stereocenters. The van der Waals surface area contributed by atoms with Crippen LogP contribution < -0.4 is 5.32 Å². The Balaban J connectivity index is 1.46. The predicted molar refractivity (Wildman–Crippen MR) is 111 cm³/mol. The summed E-state index contributed by atoms with van der Waals surface area (Å²) in [7, 11) is 0. The Morgan fingerprint density at radius 1 is 1.14 bits per heavy atom. The quantitative estimate of drug-likeness (QED) is 0.470. The van der Waals surface area contributed by atoms with Crippen molar-refractivity contribution in [3.63, 3.8) is 0 Å². The van der Waals surface area contributed by atoms with Gasteiger partial charge in [0.2, 0.25) is 0 Å². The second-order valence-electron chi connectivity index (χ2n) is 7.02. The molecule has 5 rings (SSSR count). The number of benzene rings is 1. The van der Waals surface area contributed by atoms with Crippen LogP contribution in [-0.4, -0.2) is 31.1 Å². The number of nitrogens with zero attached hydrogens (tertiary/aromatic N) is 4. The molecular weight excluding hydrogens is 367 g/mol. The van der Waals surface area contributed by atoms with Gasteiger partial charge in [-0.05, 0) is 31.0 Å². The number of hydrogen-bond donors (Lipinski definition) is 2. The molecular formula is C22H19FN6. The lowest BCUT2D eigenvalue weighted by Crippen LogP contribution is -2.10. The minimum Gasteiger partial charge on any atom is -0.370 e. The first-order valence-electron chi connectivity index (χ1n) is 9.44. The largest absolute Gasteiger partial charge is 0.370 e. The van der Waals surface area contributed by atoms with Gasteiger partial charge in [-0.15, -0.1) is 0 Å². The molecule has 0 fully saturated rings. The zero-order valence-corrected chi connectivity index (χ0v) is 15.9. The number of nitrogens with one attached hydrogen (secondary N) is 2. The fourth-order valence-corrected chi connectivity index (χ4v) is 3.56. The van der Waals surface area contributed by atoms with Crippen molar-refractivity contribution in [2.24, 2.45) is 0 Å². The lowest BCUT2D eigenvalue weighted by molar-refractivity contribution is 0.622. The van der Waals surface area contributed by atoms with E-state index in [0.29, 0.717) is 11.3 Å². The maximum Gasteiger partial charge on any atom is 0.160 e. The number of H-pyrrole nitrogens is 1. The SMILES string of the molecule is Cc1cnn2c(NCCc3c[nH]c4ccccc34)cc(-c3cncc(F)c3)nc12. The molecule has 4 heterocycles. The van der Waals surface area contributed by atoms with Crippen molar-refractivity contribution in [3.05, 3.63) is 78.1 Å². The lowest BCUT2D eigenvalue weighted by Gasteiger charge is -2.11. The number of pyridine rings is 1. The number of aromatic nitrogens is 5. The van der Waals surface area contributed by atoms with E-state index in [1.54, 1.807) is 16.9 Å². The van der Waals surface area contributed by atoms with Crippen LogP contribution in [0.5, 0.6) is 0 Å². The normalized spacial score (nSPS) is 11.4. The predicted octanol–water partition coefficient (Wildman–Crippen LogP) is 4.37. The number of hydrogen-bond acceptors (Lipinski definition) is 4. The van der Waals surface area contributed by atoms with Crippen LogP contribution in [-0.2, 0) is 6.42 Å². The van der Waals surface area contributed by atoms with Gasteiger partial charge in [-0.2, -0.15) is 9.61 Å². The highest BCUT2D eigenvalue weighted by atomic mass is 19.1. The maximum atomic E-state index is 13.6. The van der Waals surface area contributed by atoms with Crippen LogP contribution in [0, 0.1) is 12.7 Å². The van der Waals surface area contributed by atoms with Crippen molar-refractivity contribution < 1.29 is 4.39 Å². The third-order valence-corrected chi connectivity index (χ3v) is 5.02. The summed E-state index contributed by atoms with van der Waals surface area (Å²) in [5, 5.41) is 9.13. The molecule has 0 aliphatic carbocycles. The summed E-state index contributed by atoms with van der Waals surface area (Å²) >= 11 is 0. The third-order valence-electron chi connectivity index (χ3n) is 5.02. The van der Waals surface area contributed by atoms with E-state index in [4.69, 9.17) is 0 Å². The summed E-state index contributed by atoms with van der Waals surface area (Å²) in [6, 6.07) is 11.6. The molecule has 29 heavy (non-hydrogen) atoms. The van der Waals surface area contributed by atoms with E-state index in [-0.39, 0.29) is 5.82 Å². The monoisotopic (exact) mass is 386 g/mol. The number of fused-ring (bicyclic) bond motifs is 2. The molecule has 144 valence electrons. The number of para-hydroxylation sites is 1. The minimum absolute atomic E-state index is 0.386. The van der Waals surface area contributed by atoms with Crippen LogP contribution in [0.1, 0.15) is 11.1 Å².